The maximum Gasteiger partial charge on any atom is 0.314 e. The van der Waals surface area contributed by atoms with Crippen LogP contribution in [0.3, 0.4) is 0 Å². The first-order chi connectivity index (χ1) is 11.7. The summed E-state index contributed by atoms with van der Waals surface area (Å²) in [6.45, 7) is 0.549. The van der Waals surface area contributed by atoms with E-state index in [1.165, 1.54) is 0 Å². The Balaban J connectivity index is 1.99. The van der Waals surface area contributed by atoms with E-state index in [4.69, 9.17) is 9.15 Å². The number of amides is 2. The van der Waals surface area contributed by atoms with Crippen molar-refractivity contribution in [3.05, 3.63) is 54.3 Å². The molecule has 3 aromatic rings. The molecular weight excluding hydrogens is 304 g/mol. The van der Waals surface area contributed by atoms with Crippen LogP contribution in [0.15, 0.2) is 53.1 Å². The molecule has 124 valence electrons. The maximum atomic E-state index is 11.4. The van der Waals surface area contributed by atoms with Crippen LogP contribution in [0.1, 0.15) is 5.56 Å². The van der Waals surface area contributed by atoms with Gasteiger partial charge in [0.15, 0.2) is 0 Å². The Hall–Kier alpha value is -2.95. The van der Waals surface area contributed by atoms with Gasteiger partial charge in [-0.2, -0.15) is 0 Å². The van der Waals surface area contributed by atoms with Gasteiger partial charge in [0.05, 0.1) is 13.4 Å². The summed E-state index contributed by atoms with van der Waals surface area (Å²) in [6, 6.07) is 13.8. The lowest BCUT2D eigenvalue weighted by Crippen LogP contribution is -2.34. The zero-order valence-corrected chi connectivity index (χ0v) is 13.8. The highest BCUT2D eigenvalue weighted by Crippen LogP contribution is 2.30. The summed E-state index contributed by atoms with van der Waals surface area (Å²) < 4.78 is 10.9. The lowest BCUT2D eigenvalue weighted by Gasteiger charge is -2.11. The maximum absolute atomic E-state index is 11.4. The predicted octanol–water partition coefficient (Wildman–Crippen LogP) is 3.58. The predicted molar refractivity (Wildman–Crippen MR) is 94.4 cm³/mol. The third-order valence-electron chi connectivity index (χ3n) is 3.96. The van der Waals surface area contributed by atoms with Gasteiger partial charge >= 0.3 is 6.03 Å². The number of urea groups is 1. The van der Waals surface area contributed by atoms with Crippen molar-refractivity contribution in [2.45, 2.75) is 6.42 Å². The van der Waals surface area contributed by atoms with Crippen LogP contribution < -0.4 is 15.4 Å². The van der Waals surface area contributed by atoms with Crippen LogP contribution in [0.25, 0.3) is 22.1 Å². The topological polar surface area (TPSA) is 63.5 Å². The Kier molecular flexibility index (Phi) is 4.70. The SMILES string of the molecule is CNC(=O)NCCc1cc(-c2ccco2)cc2ccc(OC)cc12. The third-order valence-corrected chi connectivity index (χ3v) is 3.96. The van der Waals surface area contributed by atoms with E-state index in [2.05, 4.69) is 22.8 Å². The average Bonchev–Trinajstić information content (AvgIpc) is 3.15. The van der Waals surface area contributed by atoms with Crippen LogP contribution in [-0.2, 0) is 6.42 Å². The largest absolute Gasteiger partial charge is 0.497 e. The molecule has 5 heteroatoms. The minimum Gasteiger partial charge on any atom is -0.497 e. The molecule has 0 saturated carbocycles. The van der Waals surface area contributed by atoms with Crippen molar-refractivity contribution in [2.24, 2.45) is 0 Å². The van der Waals surface area contributed by atoms with E-state index < -0.39 is 0 Å². The summed E-state index contributed by atoms with van der Waals surface area (Å²) in [5.41, 5.74) is 2.15. The lowest BCUT2D eigenvalue weighted by atomic mass is 9.97. The van der Waals surface area contributed by atoms with E-state index in [1.54, 1.807) is 20.4 Å². The smallest absolute Gasteiger partial charge is 0.314 e. The monoisotopic (exact) mass is 324 g/mol. The van der Waals surface area contributed by atoms with Crippen molar-refractivity contribution in [1.29, 1.82) is 0 Å². The fourth-order valence-corrected chi connectivity index (χ4v) is 2.73. The second kappa shape index (κ2) is 7.08. The number of hydrogen-bond acceptors (Lipinski definition) is 3. The first kappa shape index (κ1) is 15.9. The van der Waals surface area contributed by atoms with Crippen molar-refractivity contribution in [3.8, 4) is 17.1 Å². The zero-order chi connectivity index (χ0) is 16.9. The second-order valence-electron chi connectivity index (χ2n) is 5.46. The van der Waals surface area contributed by atoms with E-state index in [0.29, 0.717) is 13.0 Å². The molecule has 0 saturated heterocycles. The van der Waals surface area contributed by atoms with Gasteiger partial charge in [0.1, 0.15) is 11.5 Å². The van der Waals surface area contributed by atoms with E-state index in [9.17, 15) is 4.79 Å². The molecule has 0 spiro atoms. The highest BCUT2D eigenvalue weighted by atomic mass is 16.5. The van der Waals surface area contributed by atoms with Crippen molar-refractivity contribution < 1.29 is 13.9 Å². The van der Waals surface area contributed by atoms with Crippen LogP contribution in [-0.4, -0.2) is 26.7 Å². The molecule has 0 aliphatic rings. The molecule has 2 aromatic carbocycles. The molecule has 0 aliphatic heterocycles. The molecule has 5 nitrogen and oxygen atoms in total. The summed E-state index contributed by atoms with van der Waals surface area (Å²) in [4.78, 5) is 11.4. The molecule has 0 aliphatic carbocycles. The molecular formula is C19H20N2O3. The van der Waals surface area contributed by atoms with Gasteiger partial charge in [-0.05, 0) is 59.2 Å². The van der Waals surface area contributed by atoms with Crippen molar-refractivity contribution >= 4 is 16.8 Å². The molecule has 2 N–H and O–H groups in total. The first-order valence-electron chi connectivity index (χ1n) is 7.81. The summed E-state index contributed by atoms with van der Waals surface area (Å²) in [5.74, 6) is 1.64. The van der Waals surface area contributed by atoms with Gasteiger partial charge in [0, 0.05) is 19.2 Å². The van der Waals surface area contributed by atoms with Gasteiger partial charge in [0.2, 0.25) is 0 Å². The number of rotatable bonds is 5. The second-order valence-corrected chi connectivity index (χ2v) is 5.46. The summed E-state index contributed by atoms with van der Waals surface area (Å²) in [7, 11) is 3.26. The van der Waals surface area contributed by atoms with Gasteiger partial charge < -0.3 is 19.8 Å². The Bertz CT molecular complexity index is 841. The van der Waals surface area contributed by atoms with Gasteiger partial charge in [0.25, 0.3) is 0 Å². The number of carbonyl (C=O) groups is 1. The molecule has 0 fully saturated rings. The molecule has 0 unspecified atom stereocenters. The summed E-state index contributed by atoms with van der Waals surface area (Å²) in [6.07, 6.45) is 2.38. The van der Waals surface area contributed by atoms with Gasteiger partial charge in [-0.15, -0.1) is 0 Å². The quantitative estimate of drug-likeness (QED) is 0.754. The van der Waals surface area contributed by atoms with Gasteiger partial charge in [-0.1, -0.05) is 6.07 Å². The molecule has 1 heterocycles. The Morgan fingerprint density at radius 3 is 2.79 bits per heavy atom. The standard InChI is InChI=1S/C19H20N2O3/c1-20-19(22)21-8-7-14-11-15(18-4-3-9-24-18)10-13-5-6-16(23-2)12-17(13)14/h3-6,9-12H,7-8H2,1-2H3,(H2,20,21,22). The fourth-order valence-electron chi connectivity index (χ4n) is 2.73. The van der Waals surface area contributed by atoms with Crippen LogP contribution in [0.5, 0.6) is 5.75 Å². The van der Waals surface area contributed by atoms with Crippen LogP contribution in [0.2, 0.25) is 0 Å². The number of hydrogen-bond donors (Lipinski definition) is 2. The molecule has 0 bridgehead atoms. The van der Waals surface area contributed by atoms with Crippen molar-refractivity contribution in [1.82, 2.24) is 10.6 Å². The molecule has 0 radical (unpaired) electrons. The van der Waals surface area contributed by atoms with Crippen molar-refractivity contribution in [2.75, 3.05) is 20.7 Å². The summed E-state index contributed by atoms with van der Waals surface area (Å²) in [5, 5.41) is 7.60. The number of fused-ring (bicyclic) bond motifs is 1. The lowest BCUT2D eigenvalue weighted by molar-refractivity contribution is 0.243. The average molecular weight is 324 g/mol. The Labute approximate surface area is 140 Å². The van der Waals surface area contributed by atoms with E-state index in [0.717, 1.165) is 33.4 Å². The number of methoxy groups -OCH3 is 1. The molecule has 2 amide bonds. The van der Waals surface area contributed by atoms with E-state index in [-0.39, 0.29) is 6.03 Å². The minimum absolute atomic E-state index is 0.181. The highest BCUT2D eigenvalue weighted by molar-refractivity contribution is 5.91. The van der Waals surface area contributed by atoms with E-state index in [1.807, 2.05) is 30.3 Å². The van der Waals surface area contributed by atoms with Crippen LogP contribution >= 0.6 is 0 Å². The molecule has 1 aromatic heterocycles. The minimum atomic E-state index is -0.181. The zero-order valence-electron chi connectivity index (χ0n) is 13.8. The van der Waals surface area contributed by atoms with Crippen LogP contribution in [0, 0.1) is 0 Å². The third kappa shape index (κ3) is 3.35. The van der Waals surface area contributed by atoms with Gasteiger partial charge in [-0.25, -0.2) is 4.79 Å². The van der Waals surface area contributed by atoms with Gasteiger partial charge in [-0.3, -0.25) is 0 Å². The number of nitrogens with one attached hydrogen (secondary N) is 2. The number of benzene rings is 2. The Morgan fingerprint density at radius 1 is 1.21 bits per heavy atom. The molecule has 24 heavy (non-hydrogen) atoms. The highest BCUT2D eigenvalue weighted by Gasteiger charge is 2.09. The molecule has 3 rings (SSSR count). The fraction of sp³-hybridized carbons (Fsp3) is 0.211. The Morgan fingerprint density at radius 2 is 2.08 bits per heavy atom. The number of carbonyl (C=O) groups excluding carboxylic acids is 1. The molecule has 0 atom stereocenters. The van der Waals surface area contributed by atoms with Crippen LogP contribution in [0.4, 0.5) is 4.79 Å². The normalized spacial score (nSPS) is 10.6. The number of furan rings is 1. The van der Waals surface area contributed by atoms with E-state index >= 15 is 0 Å². The first-order valence-corrected chi connectivity index (χ1v) is 7.81. The summed E-state index contributed by atoms with van der Waals surface area (Å²) >= 11 is 0. The number of ether oxygens (including phenoxy) is 1. The van der Waals surface area contributed by atoms with Crippen molar-refractivity contribution in [3.63, 3.8) is 0 Å².